The highest BCUT2D eigenvalue weighted by Gasteiger charge is 2.50. The molecule has 0 bridgehead atoms. The Bertz CT molecular complexity index is 1910. The number of ether oxygens (including phenoxy) is 1. The number of aliphatic hydroxyl groups is 8. The summed E-state index contributed by atoms with van der Waals surface area (Å²) in [7, 11) is 1.16. The average molecular weight is 913 g/mol. The van der Waals surface area contributed by atoms with E-state index in [2.05, 4.69) is 16.0 Å². The number of hydrogen-bond donors (Lipinski definition) is 14. The molecule has 0 aliphatic carbocycles. The number of aliphatic carboxylic acids is 1. The van der Waals surface area contributed by atoms with Crippen molar-refractivity contribution in [3.8, 4) is 5.75 Å². The van der Waals surface area contributed by atoms with E-state index < -0.39 is 165 Å². The molecule has 1 aromatic carbocycles. The minimum atomic E-state index is -2.35. The summed E-state index contributed by atoms with van der Waals surface area (Å²) in [6, 6.07) is -6.80. The Morgan fingerprint density at radius 3 is 1.89 bits per heavy atom. The summed E-state index contributed by atoms with van der Waals surface area (Å²) in [6.45, 7) is 2.00. The zero-order valence-corrected chi connectivity index (χ0v) is 35.1. The largest absolute Gasteiger partial charge is 0.480 e. The van der Waals surface area contributed by atoms with Crippen molar-refractivity contribution in [3.05, 3.63) is 29.8 Å². The molecule has 3 saturated heterocycles. The van der Waals surface area contributed by atoms with E-state index in [1.54, 1.807) is 0 Å². The van der Waals surface area contributed by atoms with Gasteiger partial charge in [-0.3, -0.25) is 38.5 Å². The third-order valence-corrected chi connectivity index (χ3v) is 11.1. The predicted octanol–water partition coefficient (Wildman–Crippen LogP) is -7.49. The summed E-state index contributed by atoms with van der Waals surface area (Å²) >= 11 is 0. The molecule has 26 heteroatoms. The van der Waals surface area contributed by atoms with Gasteiger partial charge in [0.2, 0.25) is 35.4 Å². The number of carboxylic acid groups (broad SMARTS) is 1. The minimum absolute atomic E-state index is 0.146. The van der Waals surface area contributed by atoms with Gasteiger partial charge in [-0.05, 0) is 31.5 Å². The van der Waals surface area contributed by atoms with Crippen LogP contribution in [-0.2, 0) is 33.6 Å². The fraction of sp³-hybridized carbons (Fsp3) is 0.632. The van der Waals surface area contributed by atoms with Crippen LogP contribution in [0.4, 0.5) is 4.79 Å². The van der Waals surface area contributed by atoms with Crippen molar-refractivity contribution < 1.29 is 89.1 Å². The maximum atomic E-state index is 14.2. The fourth-order valence-electron chi connectivity index (χ4n) is 7.43. The minimum Gasteiger partial charge on any atom is -0.480 e. The molecule has 3 heterocycles. The quantitative estimate of drug-likeness (QED) is 0.115. The highest BCUT2D eigenvalue weighted by Crippen LogP contribution is 2.27. The van der Waals surface area contributed by atoms with Crippen molar-refractivity contribution in [1.82, 2.24) is 36.0 Å². The zero-order valence-electron chi connectivity index (χ0n) is 35.1. The molecule has 3 fully saturated rings. The summed E-state index contributed by atoms with van der Waals surface area (Å²) in [4.78, 5) is 109. The summed E-state index contributed by atoms with van der Waals surface area (Å²) < 4.78 is 5.10. The van der Waals surface area contributed by atoms with Gasteiger partial charge in [0.25, 0.3) is 0 Å². The molecule has 15 atom stereocenters. The summed E-state index contributed by atoms with van der Waals surface area (Å²) in [5.74, 6) is -9.69. The number of carboxylic acids is 1. The number of nitrogens with one attached hydrogen (secondary N) is 4. The van der Waals surface area contributed by atoms with Crippen LogP contribution in [0.25, 0.3) is 0 Å². The van der Waals surface area contributed by atoms with Crippen LogP contribution < -0.4 is 31.7 Å². The highest BCUT2D eigenvalue weighted by atomic mass is 16.6. The van der Waals surface area contributed by atoms with Crippen LogP contribution in [0, 0.1) is 5.92 Å². The second-order valence-electron chi connectivity index (χ2n) is 16.2. The lowest BCUT2D eigenvalue weighted by molar-refractivity contribution is -0.148. The number of nitrogens with two attached hydrogens (primary N) is 1. The smallest absolute Gasteiger partial charge is 0.415 e. The second kappa shape index (κ2) is 21.4. The SMILES string of the molecule is C[C@@H]1CN2C(=O)[C@H]([C@@H](C)O)NC(=O)[C@H]([C@H](O)[C@@H](O)c3ccc(OC(=O)N(C)CC(=O)O)cc3)NC(=O)[C@@H]3C[C@@H](O)CN3C(=O)[C@H]([C@@H](C)O)NC(=O)[C@@H](N)C[C@@H](O)[C@@H](O)NC(=O)[C@@H]2[C@@H]1O. The van der Waals surface area contributed by atoms with Gasteiger partial charge in [-0.25, -0.2) is 4.79 Å². The van der Waals surface area contributed by atoms with Crippen molar-refractivity contribution >= 4 is 47.5 Å². The molecule has 4 rings (SSSR count). The molecule has 64 heavy (non-hydrogen) atoms. The highest BCUT2D eigenvalue weighted by molar-refractivity contribution is 5.98. The first-order chi connectivity index (χ1) is 29.8. The molecule has 0 spiro atoms. The van der Waals surface area contributed by atoms with Crippen molar-refractivity contribution in [1.29, 1.82) is 0 Å². The lowest BCUT2D eigenvalue weighted by atomic mass is 9.96. The molecule has 1 aromatic rings. The number of benzene rings is 1. The molecular formula is C38H56N8O18. The number of carbonyl (C=O) groups excluding carboxylic acids is 7. The van der Waals surface area contributed by atoms with Gasteiger partial charge in [0, 0.05) is 38.9 Å². The van der Waals surface area contributed by atoms with Crippen LogP contribution in [0.5, 0.6) is 5.75 Å². The number of rotatable bonds is 8. The van der Waals surface area contributed by atoms with Crippen molar-refractivity contribution in [2.24, 2.45) is 11.7 Å². The Morgan fingerprint density at radius 2 is 1.33 bits per heavy atom. The summed E-state index contributed by atoms with van der Waals surface area (Å²) in [5.41, 5.74) is 5.78. The average Bonchev–Trinajstić information content (AvgIpc) is 3.77. The van der Waals surface area contributed by atoms with E-state index in [1.165, 1.54) is 6.92 Å². The molecule has 356 valence electrons. The molecule has 0 saturated carbocycles. The van der Waals surface area contributed by atoms with E-state index in [4.69, 9.17) is 15.6 Å². The third kappa shape index (κ3) is 12.0. The first-order valence-corrected chi connectivity index (χ1v) is 20.1. The number of aliphatic hydroxyl groups excluding tert-OH is 8. The van der Waals surface area contributed by atoms with Gasteiger partial charge in [0.1, 0.15) is 60.8 Å². The van der Waals surface area contributed by atoms with Gasteiger partial charge in [0.15, 0.2) is 6.23 Å². The number of amides is 7. The number of nitrogens with zero attached hydrogens (tertiary/aromatic N) is 3. The van der Waals surface area contributed by atoms with Gasteiger partial charge >= 0.3 is 12.1 Å². The number of likely N-dealkylation sites (N-methyl/N-ethyl adjacent to an activating group) is 1. The monoisotopic (exact) mass is 912 g/mol. The first-order valence-electron chi connectivity index (χ1n) is 20.1. The van der Waals surface area contributed by atoms with Gasteiger partial charge in [-0.2, -0.15) is 0 Å². The molecule has 0 radical (unpaired) electrons. The van der Waals surface area contributed by atoms with Crippen molar-refractivity contribution in [2.45, 2.75) is 119 Å². The maximum absolute atomic E-state index is 14.2. The molecular weight excluding hydrogens is 856 g/mol. The van der Waals surface area contributed by atoms with Gasteiger partial charge in [0.05, 0.1) is 30.5 Å². The Kier molecular flexibility index (Phi) is 17.1. The molecule has 0 unspecified atom stereocenters. The van der Waals surface area contributed by atoms with Crippen LogP contribution >= 0.6 is 0 Å². The molecule has 3 aliphatic rings. The van der Waals surface area contributed by atoms with E-state index >= 15 is 0 Å². The maximum Gasteiger partial charge on any atom is 0.415 e. The van der Waals surface area contributed by atoms with Crippen LogP contribution in [0.15, 0.2) is 24.3 Å². The molecule has 15 N–H and O–H groups in total. The summed E-state index contributed by atoms with van der Waals surface area (Å²) in [5, 5.41) is 105. The molecule has 0 aromatic heterocycles. The molecule has 26 nitrogen and oxygen atoms in total. The third-order valence-electron chi connectivity index (χ3n) is 11.1. The normalized spacial score (nSPS) is 32.0. The van der Waals surface area contributed by atoms with Crippen LogP contribution in [0.2, 0.25) is 0 Å². The Hall–Kier alpha value is -5.58. The van der Waals surface area contributed by atoms with Gasteiger partial charge < -0.3 is 87.5 Å². The number of hydrogen-bond acceptors (Lipinski definition) is 18. The lowest BCUT2D eigenvalue weighted by Crippen LogP contribution is -2.64. The van der Waals surface area contributed by atoms with E-state index in [9.17, 15) is 79.2 Å². The second-order valence-corrected chi connectivity index (χ2v) is 16.2. The van der Waals surface area contributed by atoms with Crippen molar-refractivity contribution in [3.63, 3.8) is 0 Å². The Morgan fingerprint density at radius 1 is 0.781 bits per heavy atom. The van der Waals surface area contributed by atoms with E-state index in [-0.39, 0.29) is 17.9 Å². The zero-order chi connectivity index (χ0) is 48.1. The standard InChI is InChI=1S/C38H56N8O18/c1-14-11-46-27(28(14)53)35(60)43-33(58)22(50)10-20(39)31(56)40-24(15(2)47)36(61)45-12-18(49)9-21(45)32(57)42-26(34(59)41-25(16(3)48)37(46)62)30(55)29(54)17-5-7-19(8-6-17)64-38(63)44(4)13-23(51)52/h5-8,14-16,18,20-22,24-30,33,47-50,53-55,58H,9-13,39H2,1-4H3,(H,40,56)(H,41,59)(H,42,57)(H,43,60)(H,51,52)/t14-,15-,16-,18-,20+,21+,22-,24+,25+,26+,27+,28-,29+,30+,33-/m1/s1. The first kappa shape index (κ1) is 51.1. The van der Waals surface area contributed by atoms with Crippen molar-refractivity contribution in [2.75, 3.05) is 26.7 Å². The van der Waals surface area contributed by atoms with E-state index in [0.29, 0.717) is 0 Å². The van der Waals surface area contributed by atoms with Crippen LogP contribution in [0.1, 0.15) is 45.3 Å². The van der Waals surface area contributed by atoms with Gasteiger partial charge in [-0.15, -0.1) is 0 Å². The van der Waals surface area contributed by atoms with Crippen LogP contribution in [-0.4, -0.2) is 214 Å². The molecule has 3 aliphatic heterocycles. The Balaban J connectivity index is 1.77. The van der Waals surface area contributed by atoms with Crippen LogP contribution in [0.3, 0.4) is 0 Å². The molecule has 7 amide bonds. The van der Waals surface area contributed by atoms with E-state index in [1.807, 2.05) is 5.32 Å². The van der Waals surface area contributed by atoms with E-state index in [0.717, 1.165) is 59.9 Å². The summed E-state index contributed by atoms with van der Waals surface area (Å²) in [6.07, 6.45) is -17.4. The number of fused-ring (bicyclic) bond motifs is 2. The topological polar surface area (TPSA) is 412 Å². The number of carbonyl (C=O) groups is 8. The van der Waals surface area contributed by atoms with Gasteiger partial charge in [-0.1, -0.05) is 19.1 Å². The predicted molar refractivity (Wildman–Crippen MR) is 212 cm³/mol. The fourth-order valence-corrected chi connectivity index (χ4v) is 7.43. The lowest BCUT2D eigenvalue weighted by Gasteiger charge is -2.34. The Labute approximate surface area is 364 Å².